The fraction of sp³-hybridized carbons (Fsp3) is 0.146. The van der Waals surface area contributed by atoms with Crippen molar-refractivity contribution in [3.05, 3.63) is 149 Å². The van der Waals surface area contributed by atoms with E-state index in [0.29, 0.717) is 67.1 Å². The summed E-state index contributed by atoms with van der Waals surface area (Å²) in [5.74, 6) is -1.03. The number of rotatable bonds is 5. The predicted molar refractivity (Wildman–Crippen MR) is 184 cm³/mol. The first kappa shape index (κ1) is 29.1. The van der Waals surface area contributed by atoms with Gasteiger partial charge in [0.1, 0.15) is 0 Å². The molecule has 0 spiro atoms. The van der Waals surface area contributed by atoms with Gasteiger partial charge in [0.05, 0.1) is 28.4 Å². The lowest BCUT2D eigenvalue weighted by atomic mass is 9.59. The number of fused-ring (bicyclic) bond motifs is 7. The van der Waals surface area contributed by atoms with Crippen molar-refractivity contribution in [2.24, 2.45) is 11.8 Å². The lowest BCUT2D eigenvalue weighted by Gasteiger charge is -2.39. The minimum absolute atomic E-state index is 0.0668. The number of allylic oxidation sites excluding steroid dienone is 2. The summed E-state index contributed by atoms with van der Waals surface area (Å²) in [4.78, 5) is 47.7. The lowest BCUT2D eigenvalue weighted by Crippen LogP contribution is -2.45. The van der Waals surface area contributed by atoms with E-state index < -0.39 is 34.5 Å². The highest BCUT2D eigenvalue weighted by molar-refractivity contribution is 6.39. The average Bonchev–Trinajstić information content (AvgIpc) is 3.96. The van der Waals surface area contributed by atoms with Crippen molar-refractivity contribution in [3.63, 3.8) is 0 Å². The number of ether oxygens (including phenoxy) is 4. The highest BCUT2D eigenvalue weighted by Crippen LogP contribution is 2.74. The molecule has 50 heavy (non-hydrogen) atoms. The number of ketones is 1. The van der Waals surface area contributed by atoms with Gasteiger partial charge >= 0.3 is 0 Å². The van der Waals surface area contributed by atoms with E-state index in [1.807, 2.05) is 97.1 Å². The van der Waals surface area contributed by atoms with Crippen molar-refractivity contribution in [2.75, 3.05) is 18.5 Å². The molecule has 10 rings (SSSR count). The highest BCUT2D eigenvalue weighted by Gasteiger charge is 2.82. The third-order valence-electron chi connectivity index (χ3n) is 10.9. The van der Waals surface area contributed by atoms with Crippen molar-refractivity contribution < 1.29 is 33.3 Å². The Kier molecular flexibility index (Phi) is 6.01. The molecule has 2 aliphatic carbocycles. The number of amides is 2. The zero-order valence-corrected chi connectivity index (χ0v) is 27.1. The van der Waals surface area contributed by atoms with Gasteiger partial charge in [-0.1, -0.05) is 84.4 Å². The Hall–Kier alpha value is -5.86. The summed E-state index contributed by atoms with van der Waals surface area (Å²) in [6.07, 6.45) is 0. The molecule has 3 heterocycles. The van der Waals surface area contributed by atoms with Gasteiger partial charge in [-0.2, -0.15) is 0 Å². The molecule has 5 aromatic carbocycles. The molecule has 2 fully saturated rings. The second-order valence-corrected chi connectivity index (χ2v) is 13.4. The molecule has 1 saturated heterocycles. The first-order valence-corrected chi connectivity index (χ1v) is 16.7. The summed E-state index contributed by atoms with van der Waals surface area (Å²) in [7, 11) is 0. The zero-order valence-electron chi connectivity index (χ0n) is 26.3. The summed E-state index contributed by atoms with van der Waals surface area (Å²) >= 11 is 6.24. The molecule has 1 saturated carbocycles. The van der Waals surface area contributed by atoms with Crippen LogP contribution >= 0.6 is 11.6 Å². The van der Waals surface area contributed by atoms with Crippen LogP contribution in [0.5, 0.6) is 23.0 Å². The highest BCUT2D eigenvalue weighted by atomic mass is 35.5. The molecule has 9 heteroatoms. The van der Waals surface area contributed by atoms with Crippen molar-refractivity contribution in [3.8, 4) is 23.0 Å². The summed E-state index contributed by atoms with van der Waals surface area (Å²) in [6.45, 7) is 0.134. The van der Waals surface area contributed by atoms with Gasteiger partial charge in [0.25, 0.3) is 0 Å². The van der Waals surface area contributed by atoms with Crippen LogP contribution in [-0.4, -0.2) is 31.2 Å². The van der Waals surface area contributed by atoms with E-state index in [-0.39, 0.29) is 19.4 Å². The van der Waals surface area contributed by atoms with Gasteiger partial charge in [-0.05, 0) is 81.9 Å². The Labute approximate surface area is 291 Å². The Balaban J connectivity index is 1.37. The second-order valence-electron chi connectivity index (χ2n) is 13.0. The number of carbonyl (C=O) groups is 3. The first-order chi connectivity index (χ1) is 24.5. The minimum atomic E-state index is -1.57. The molecule has 0 unspecified atom stereocenters. The topological polar surface area (TPSA) is 91.4 Å². The monoisotopic (exact) mass is 679 g/mol. The second kappa shape index (κ2) is 10.3. The molecule has 2 bridgehead atoms. The Bertz CT molecular complexity index is 2180. The molecule has 5 aliphatic rings. The Morgan fingerprint density at radius 2 is 0.980 bits per heavy atom. The first-order valence-electron chi connectivity index (χ1n) is 16.3. The van der Waals surface area contributed by atoms with Crippen molar-refractivity contribution in [1.29, 1.82) is 0 Å². The van der Waals surface area contributed by atoms with E-state index in [0.717, 1.165) is 0 Å². The number of Topliss-reactive ketones (excluding diaryl/α,β-unsaturated/α-hetero) is 1. The third kappa shape index (κ3) is 3.53. The molecule has 5 aromatic rings. The summed E-state index contributed by atoms with van der Waals surface area (Å²) in [6, 6.07) is 36.6. The number of anilines is 1. The van der Waals surface area contributed by atoms with Gasteiger partial charge in [0, 0.05) is 5.02 Å². The summed E-state index contributed by atoms with van der Waals surface area (Å²) < 4.78 is 23.1. The third-order valence-corrected chi connectivity index (χ3v) is 11.1. The van der Waals surface area contributed by atoms with Crippen LogP contribution in [0.1, 0.15) is 22.3 Å². The van der Waals surface area contributed by atoms with Crippen molar-refractivity contribution >= 4 is 46.0 Å². The minimum Gasteiger partial charge on any atom is -0.454 e. The molecule has 4 atom stereocenters. The summed E-state index contributed by atoms with van der Waals surface area (Å²) in [5.41, 5.74) is 1.13. The molecule has 0 aromatic heterocycles. The van der Waals surface area contributed by atoms with Gasteiger partial charge in [0.2, 0.25) is 25.4 Å². The smallest absolute Gasteiger partial charge is 0.239 e. The standard InChI is InChI=1S/C41H26ClNO7/c42-27-13-15-28(16-14-27)43-37(44)35-36(38(43)45)41(26-9-5-2-6-10-26)34(24-12-18-30-32(20-24)50-22-48-30)33(23-11-17-29-31(19-23)49-21-47-29)40(35,39(41)46)25-7-3-1-4-8-25/h1-20,35-36H,21-22H2/t35-,36-,40-,41-/m0/s1. The van der Waals surface area contributed by atoms with E-state index in [1.165, 1.54) is 4.90 Å². The number of nitrogens with zero attached hydrogens (tertiary/aromatic N) is 1. The Morgan fingerprint density at radius 3 is 1.44 bits per heavy atom. The van der Waals surface area contributed by atoms with Crippen molar-refractivity contribution in [2.45, 2.75) is 10.8 Å². The lowest BCUT2D eigenvalue weighted by molar-refractivity contribution is -0.130. The fourth-order valence-corrected chi connectivity index (χ4v) is 9.20. The van der Waals surface area contributed by atoms with Crippen LogP contribution in [0, 0.1) is 11.8 Å². The van der Waals surface area contributed by atoms with E-state index in [2.05, 4.69) is 0 Å². The van der Waals surface area contributed by atoms with Crippen LogP contribution in [0.25, 0.3) is 11.1 Å². The molecule has 2 amide bonds. The maximum Gasteiger partial charge on any atom is 0.239 e. The van der Waals surface area contributed by atoms with Gasteiger partial charge in [-0.15, -0.1) is 0 Å². The van der Waals surface area contributed by atoms with Crippen LogP contribution in [0.4, 0.5) is 5.69 Å². The number of imide groups is 1. The van der Waals surface area contributed by atoms with Crippen LogP contribution in [-0.2, 0) is 25.2 Å². The van der Waals surface area contributed by atoms with E-state index in [9.17, 15) is 0 Å². The molecule has 3 aliphatic heterocycles. The molecule has 8 nitrogen and oxygen atoms in total. The van der Waals surface area contributed by atoms with Crippen LogP contribution < -0.4 is 23.8 Å². The largest absolute Gasteiger partial charge is 0.454 e. The molecular weight excluding hydrogens is 654 g/mol. The molecular formula is C41H26ClNO7. The summed E-state index contributed by atoms with van der Waals surface area (Å²) in [5, 5.41) is 0.474. The molecule has 0 N–H and O–H groups in total. The maximum atomic E-state index is 16.1. The number of hydrogen-bond acceptors (Lipinski definition) is 7. The molecule has 244 valence electrons. The SMILES string of the molecule is O=C1[C@@H]2[C@@H](C(=O)N1c1ccc(Cl)cc1)[C@@]1(c3ccccc3)C(=O)[C@@]2(c2ccccc2)C(c2ccc3c(c2)OCO3)=C1c1ccc2c(c1)OCO2. The van der Waals surface area contributed by atoms with Gasteiger partial charge < -0.3 is 18.9 Å². The zero-order chi connectivity index (χ0) is 33.8. The normalized spacial score (nSPS) is 25.5. The van der Waals surface area contributed by atoms with E-state index in [4.69, 9.17) is 30.5 Å². The van der Waals surface area contributed by atoms with Gasteiger partial charge in [-0.3, -0.25) is 14.4 Å². The van der Waals surface area contributed by atoms with Crippen LogP contribution in [0.2, 0.25) is 5.02 Å². The van der Waals surface area contributed by atoms with Gasteiger partial charge in [-0.25, -0.2) is 4.90 Å². The Morgan fingerprint density at radius 1 is 0.540 bits per heavy atom. The average molecular weight is 680 g/mol. The number of benzene rings is 5. The number of halogens is 1. The quantitative estimate of drug-likeness (QED) is 0.185. The van der Waals surface area contributed by atoms with Crippen LogP contribution in [0.3, 0.4) is 0 Å². The maximum absolute atomic E-state index is 16.1. The van der Waals surface area contributed by atoms with Gasteiger partial charge in [0.15, 0.2) is 28.8 Å². The number of hydrogen-bond donors (Lipinski definition) is 0. The van der Waals surface area contributed by atoms with Crippen LogP contribution in [0.15, 0.2) is 121 Å². The van der Waals surface area contributed by atoms with E-state index >= 15 is 14.4 Å². The van der Waals surface area contributed by atoms with E-state index in [1.54, 1.807) is 24.3 Å². The fourth-order valence-electron chi connectivity index (χ4n) is 9.07. The van der Waals surface area contributed by atoms with Crippen molar-refractivity contribution in [1.82, 2.24) is 0 Å². The predicted octanol–water partition coefficient (Wildman–Crippen LogP) is 6.99. The molecule has 0 radical (unpaired) electrons. The number of carbonyl (C=O) groups excluding carboxylic acids is 3.